The first-order valence-electron chi connectivity index (χ1n) is 7.63. The lowest BCUT2D eigenvalue weighted by Gasteiger charge is -2.27. The minimum Gasteiger partial charge on any atom is -0.459 e. The Labute approximate surface area is 126 Å². The van der Waals surface area contributed by atoms with Gasteiger partial charge < -0.3 is 4.74 Å². The second-order valence-corrected chi connectivity index (χ2v) is 6.88. The summed E-state index contributed by atoms with van der Waals surface area (Å²) in [5, 5.41) is 4.25. The fraction of sp³-hybridized carbons (Fsp3) is 0.800. The van der Waals surface area contributed by atoms with E-state index in [1.165, 1.54) is 0 Å². The normalized spacial score (nSPS) is 20.2. The third kappa shape index (κ3) is 4.03. The molecule has 1 fully saturated rings. The number of hydrogen-bond donors (Lipinski definition) is 0. The number of carbonyl (C=O) groups is 1. The molecule has 1 aliphatic heterocycles. The van der Waals surface area contributed by atoms with E-state index in [1.807, 2.05) is 25.5 Å². The minimum absolute atomic E-state index is 0.129. The van der Waals surface area contributed by atoms with Gasteiger partial charge in [-0.1, -0.05) is 0 Å². The lowest BCUT2D eigenvalue weighted by Crippen LogP contribution is -2.40. The molecule has 1 aromatic heterocycles. The van der Waals surface area contributed by atoms with Gasteiger partial charge in [0.25, 0.3) is 0 Å². The molecule has 0 bridgehead atoms. The van der Waals surface area contributed by atoms with E-state index < -0.39 is 5.60 Å². The summed E-state index contributed by atoms with van der Waals surface area (Å²) in [5.74, 6) is 0.774. The van der Waals surface area contributed by atoms with E-state index in [0.29, 0.717) is 6.54 Å². The highest BCUT2D eigenvalue weighted by Gasteiger charge is 2.34. The molecule has 0 unspecified atom stereocenters. The second kappa shape index (κ2) is 6.13. The van der Waals surface area contributed by atoms with Gasteiger partial charge >= 0.3 is 5.97 Å². The van der Waals surface area contributed by atoms with E-state index in [-0.39, 0.29) is 18.1 Å². The van der Waals surface area contributed by atoms with E-state index in [2.05, 4.69) is 28.8 Å². The van der Waals surface area contributed by atoms with Crippen LogP contribution in [0.1, 0.15) is 59.3 Å². The van der Waals surface area contributed by atoms with Gasteiger partial charge in [0.2, 0.25) is 0 Å². The second-order valence-electron chi connectivity index (χ2n) is 6.88. The van der Waals surface area contributed by atoms with Crippen LogP contribution in [0.15, 0.2) is 6.33 Å². The van der Waals surface area contributed by atoms with Crippen molar-refractivity contribution in [3.8, 4) is 0 Å². The van der Waals surface area contributed by atoms with Crippen molar-refractivity contribution in [1.82, 2.24) is 19.7 Å². The number of ether oxygens (including phenoxy) is 1. The van der Waals surface area contributed by atoms with Gasteiger partial charge in [-0.3, -0.25) is 9.69 Å². The maximum Gasteiger partial charge on any atom is 0.323 e. The van der Waals surface area contributed by atoms with Crippen molar-refractivity contribution in [2.45, 2.75) is 71.7 Å². The average molecular weight is 294 g/mol. The van der Waals surface area contributed by atoms with Crippen LogP contribution in [0.25, 0.3) is 0 Å². The Balaban J connectivity index is 2.05. The number of hydrogen-bond acceptors (Lipinski definition) is 5. The largest absolute Gasteiger partial charge is 0.459 e. The van der Waals surface area contributed by atoms with Gasteiger partial charge in [-0.25, -0.2) is 9.67 Å². The van der Waals surface area contributed by atoms with Crippen molar-refractivity contribution >= 4 is 5.97 Å². The molecule has 6 heteroatoms. The molecular formula is C15H26N4O2. The lowest BCUT2D eigenvalue weighted by molar-refractivity contribution is -0.160. The molecule has 1 aromatic rings. The molecule has 21 heavy (non-hydrogen) atoms. The molecule has 0 amide bonds. The number of esters is 1. The molecule has 0 saturated carbocycles. The SMILES string of the molecule is CC(C)n1ncnc1CN1CCC[C@H]1C(=O)OC(C)(C)C. The quantitative estimate of drug-likeness (QED) is 0.796. The number of likely N-dealkylation sites (tertiary alicyclic amines) is 1. The monoisotopic (exact) mass is 294 g/mol. The Kier molecular flexibility index (Phi) is 4.66. The van der Waals surface area contributed by atoms with E-state index >= 15 is 0 Å². The Morgan fingerprint density at radius 1 is 1.48 bits per heavy atom. The smallest absolute Gasteiger partial charge is 0.323 e. The molecule has 6 nitrogen and oxygen atoms in total. The summed E-state index contributed by atoms with van der Waals surface area (Å²) in [7, 11) is 0. The first-order valence-corrected chi connectivity index (χ1v) is 7.63. The first-order chi connectivity index (χ1) is 9.78. The van der Waals surface area contributed by atoms with Crippen molar-refractivity contribution in [3.05, 3.63) is 12.2 Å². The highest BCUT2D eigenvalue weighted by Crippen LogP contribution is 2.23. The van der Waals surface area contributed by atoms with Crippen LogP contribution in [-0.2, 0) is 16.1 Å². The first kappa shape index (κ1) is 15.9. The van der Waals surface area contributed by atoms with Crippen LogP contribution in [-0.4, -0.2) is 43.8 Å². The minimum atomic E-state index is -0.441. The predicted molar refractivity (Wildman–Crippen MR) is 79.7 cm³/mol. The van der Waals surface area contributed by atoms with Gasteiger partial charge in [0.15, 0.2) is 0 Å². The maximum atomic E-state index is 12.3. The van der Waals surface area contributed by atoms with Crippen LogP contribution < -0.4 is 0 Å². The fourth-order valence-corrected chi connectivity index (χ4v) is 2.65. The Morgan fingerprint density at radius 2 is 2.19 bits per heavy atom. The van der Waals surface area contributed by atoms with Crippen LogP contribution in [0.5, 0.6) is 0 Å². The summed E-state index contributed by atoms with van der Waals surface area (Å²) >= 11 is 0. The number of carbonyl (C=O) groups excluding carboxylic acids is 1. The van der Waals surface area contributed by atoms with Crippen molar-refractivity contribution in [2.24, 2.45) is 0 Å². The maximum absolute atomic E-state index is 12.3. The Morgan fingerprint density at radius 3 is 2.81 bits per heavy atom. The zero-order chi connectivity index (χ0) is 15.6. The lowest BCUT2D eigenvalue weighted by atomic mass is 10.1. The van der Waals surface area contributed by atoms with Gasteiger partial charge in [-0.05, 0) is 54.0 Å². The topological polar surface area (TPSA) is 60.2 Å². The third-order valence-corrected chi connectivity index (χ3v) is 3.52. The number of nitrogens with zero attached hydrogens (tertiary/aromatic N) is 4. The third-order valence-electron chi connectivity index (χ3n) is 3.52. The van der Waals surface area contributed by atoms with E-state index in [0.717, 1.165) is 25.2 Å². The standard InChI is InChI=1S/C15H26N4O2/c1-11(2)19-13(16-10-17-19)9-18-8-6-7-12(18)14(20)21-15(3,4)5/h10-12H,6-9H2,1-5H3/t12-/m0/s1. The average Bonchev–Trinajstić information content (AvgIpc) is 2.95. The molecule has 0 aromatic carbocycles. The van der Waals surface area contributed by atoms with Gasteiger partial charge in [-0.15, -0.1) is 0 Å². The van der Waals surface area contributed by atoms with Gasteiger partial charge in [0.1, 0.15) is 23.8 Å². The molecule has 0 N–H and O–H groups in total. The summed E-state index contributed by atoms with van der Waals surface area (Å²) in [6.07, 6.45) is 3.44. The van der Waals surface area contributed by atoms with E-state index in [1.54, 1.807) is 6.33 Å². The highest BCUT2D eigenvalue weighted by atomic mass is 16.6. The molecule has 2 rings (SSSR count). The summed E-state index contributed by atoms with van der Waals surface area (Å²) in [5.41, 5.74) is -0.441. The summed E-state index contributed by atoms with van der Waals surface area (Å²) in [4.78, 5) is 18.8. The summed E-state index contributed by atoms with van der Waals surface area (Å²) < 4.78 is 7.43. The van der Waals surface area contributed by atoms with Crippen LogP contribution >= 0.6 is 0 Å². The zero-order valence-corrected chi connectivity index (χ0v) is 13.7. The fourth-order valence-electron chi connectivity index (χ4n) is 2.65. The summed E-state index contributed by atoms with van der Waals surface area (Å²) in [6.45, 7) is 11.4. The van der Waals surface area contributed by atoms with Crippen molar-refractivity contribution in [2.75, 3.05) is 6.54 Å². The van der Waals surface area contributed by atoms with Gasteiger partial charge in [0.05, 0.1) is 6.54 Å². The van der Waals surface area contributed by atoms with Crippen molar-refractivity contribution in [1.29, 1.82) is 0 Å². The molecule has 2 heterocycles. The highest BCUT2D eigenvalue weighted by molar-refractivity contribution is 5.76. The molecule has 118 valence electrons. The molecule has 0 aliphatic carbocycles. The molecule has 0 radical (unpaired) electrons. The molecule has 1 aliphatic rings. The number of rotatable bonds is 4. The van der Waals surface area contributed by atoms with Crippen LogP contribution in [0.2, 0.25) is 0 Å². The number of aromatic nitrogens is 3. The molecule has 0 spiro atoms. The van der Waals surface area contributed by atoms with Crippen LogP contribution in [0.4, 0.5) is 0 Å². The Hall–Kier alpha value is -1.43. The van der Waals surface area contributed by atoms with Gasteiger partial charge in [0, 0.05) is 6.04 Å². The van der Waals surface area contributed by atoms with Crippen LogP contribution in [0.3, 0.4) is 0 Å². The molecular weight excluding hydrogens is 268 g/mol. The van der Waals surface area contributed by atoms with Gasteiger partial charge in [-0.2, -0.15) is 5.10 Å². The zero-order valence-electron chi connectivity index (χ0n) is 13.7. The summed E-state index contributed by atoms with van der Waals surface area (Å²) in [6, 6.07) is 0.103. The Bertz CT molecular complexity index is 490. The van der Waals surface area contributed by atoms with Crippen molar-refractivity contribution < 1.29 is 9.53 Å². The van der Waals surface area contributed by atoms with Crippen LogP contribution in [0, 0.1) is 0 Å². The molecule has 1 saturated heterocycles. The van der Waals surface area contributed by atoms with E-state index in [4.69, 9.17) is 4.74 Å². The van der Waals surface area contributed by atoms with Crippen molar-refractivity contribution in [3.63, 3.8) is 0 Å². The predicted octanol–water partition coefficient (Wildman–Crippen LogP) is 2.17. The molecule has 1 atom stereocenters. The van der Waals surface area contributed by atoms with E-state index in [9.17, 15) is 4.79 Å².